The van der Waals surface area contributed by atoms with Crippen molar-refractivity contribution in [2.24, 2.45) is 0 Å². The fourth-order valence-corrected chi connectivity index (χ4v) is 2.07. The Labute approximate surface area is 91.6 Å². The Kier molecular flexibility index (Phi) is 4.11. The third-order valence-corrected chi connectivity index (χ3v) is 3.49. The molecule has 2 N–H and O–H groups in total. The van der Waals surface area contributed by atoms with Crippen LogP contribution >= 0.6 is 0 Å². The van der Waals surface area contributed by atoms with Gasteiger partial charge in [0.15, 0.2) is 0 Å². The molecule has 1 aliphatic rings. The van der Waals surface area contributed by atoms with E-state index in [4.69, 9.17) is 5.11 Å². The third-order valence-electron chi connectivity index (χ3n) is 3.49. The average Bonchev–Trinajstić information content (AvgIpc) is 1.99. The van der Waals surface area contributed by atoms with Crippen LogP contribution in [0.2, 0.25) is 0 Å². The number of likely N-dealkylation sites (N-methyl/N-ethyl adjacent to an activating group) is 1. The van der Waals surface area contributed by atoms with Crippen molar-refractivity contribution in [3.05, 3.63) is 0 Å². The summed E-state index contributed by atoms with van der Waals surface area (Å²) in [6.45, 7) is 2.82. The van der Waals surface area contributed by atoms with E-state index in [9.17, 15) is 4.79 Å². The Morgan fingerprint density at radius 1 is 1.53 bits per heavy atom. The minimum absolute atomic E-state index is 0.0555. The van der Waals surface area contributed by atoms with E-state index < -0.39 is 5.97 Å². The van der Waals surface area contributed by atoms with Crippen LogP contribution < -0.4 is 5.32 Å². The van der Waals surface area contributed by atoms with Gasteiger partial charge >= 0.3 is 5.97 Å². The van der Waals surface area contributed by atoms with Crippen molar-refractivity contribution in [3.63, 3.8) is 0 Å². The van der Waals surface area contributed by atoms with Gasteiger partial charge in [-0.1, -0.05) is 0 Å². The van der Waals surface area contributed by atoms with Gasteiger partial charge in [-0.3, -0.25) is 4.79 Å². The summed E-state index contributed by atoms with van der Waals surface area (Å²) in [6, 6.07) is 0.0555. The minimum atomic E-state index is -0.734. The quantitative estimate of drug-likeness (QED) is 0.690. The monoisotopic (exact) mass is 214 g/mol. The number of rotatable bonds is 6. The van der Waals surface area contributed by atoms with Gasteiger partial charge in [0.2, 0.25) is 0 Å². The van der Waals surface area contributed by atoms with Gasteiger partial charge in [-0.2, -0.15) is 0 Å². The number of nitrogens with zero attached hydrogens (tertiary/aromatic N) is 1. The van der Waals surface area contributed by atoms with Crippen molar-refractivity contribution in [3.8, 4) is 0 Å². The molecule has 0 aliphatic heterocycles. The lowest BCUT2D eigenvalue weighted by atomic mass is 9.75. The van der Waals surface area contributed by atoms with Gasteiger partial charge in [0.25, 0.3) is 0 Å². The first-order valence-electron chi connectivity index (χ1n) is 5.59. The minimum Gasteiger partial charge on any atom is -0.481 e. The standard InChI is InChI=1S/C11H22N2O2/c1-9(7-10(14)15)12-8-11(13(2)3)5-4-6-11/h9,12H,4-8H2,1-3H3,(H,14,15). The van der Waals surface area contributed by atoms with Gasteiger partial charge in [0, 0.05) is 18.1 Å². The SMILES string of the molecule is CC(CC(=O)O)NCC1(N(C)C)CCC1. The summed E-state index contributed by atoms with van der Waals surface area (Å²) >= 11 is 0. The molecule has 0 aromatic rings. The molecule has 0 heterocycles. The van der Waals surface area contributed by atoms with Crippen LogP contribution in [0.5, 0.6) is 0 Å². The second kappa shape index (κ2) is 4.94. The Morgan fingerprint density at radius 2 is 2.13 bits per heavy atom. The molecule has 88 valence electrons. The van der Waals surface area contributed by atoms with Crippen LogP contribution in [0, 0.1) is 0 Å². The second-order valence-electron chi connectivity index (χ2n) is 4.85. The van der Waals surface area contributed by atoms with Crippen LogP contribution in [-0.2, 0) is 4.79 Å². The van der Waals surface area contributed by atoms with Crippen LogP contribution in [-0.4, -0.2) is 48.2 Å². The van der Waals surface area contributed by atoms with Gasteiger partial charge in [0.05, 0.1) is 6.42 Å². The Morgan fingerprint density at radius 3 is 2.47 bits per heavy atom. The third kappa shape index (κ3) is 3.18. The summed E-state index contributed by atoms with van der Waals surface area (Å²) in [5.74, 6) is -0.734. The maximum atomic E-state index is 10.5. The van der Waals surface area contributed by atoms with Gasteiger partial charge in [-0.25, -0.2) is 0 Å². The fraction of sp³-hybridized carbons (Fsp3) is 0.909. The summed E-state index contributed by atoms with van der Waals surface area (Å²) in [5, 5.41) is 12.0. The molecule has 0 aromatic carbocycles. The molecule has 1 saturated carbocycles. The van der Waals surface area contributed by atoms with Crippen molar-refractivity contribution in [1.82, 2.24) is 10.2 Å². The molecule has 0 spiro atoms. The number of carboxylic acids is 1. The molecule has 15 heavy (non-hydrogen) atoms. The summed E-state index contributed by atoms with van der Waals surface area (Å²) < 4.78 is 0. The van der Waals surface area contributed by atoms with Crippen molar-refractivity contribution in [1.29, 1.82) is 0 Å². The highest BCUT2D eigenvalue weighted by molar-refractivity contribution is 5.67. The van der Waals surface area contributed by atoms with E-state index >= 15 is 0 Å². The lowest BCUT2D eigenvalue weighted by Gasteiger charge is -2.48. The van der Waals surface area contributed by atoms with Crippen molar-refractivity contribution < 1.29 is 9.90 Å². The molecule has 4 nitrogen and oxygen atoms in total. The molecular weight excluding hydrogens is 192 g/mol. The molecule has 1 unspecified atom stereocenters. The summed E-state index contributed by atoms with van der Waals surface area (Å²) in [4.78, 5) is 12.8. The van der Waals surface area contributed by atoms with E-state index in [0.717, 1.165) is 6.54 Å². The second-order valence-corrected chi connectivity index (χ2v) is 4.85. The van der Waals surface area contributed by atoms with Crippen LogP contribution in [0.4, 0.5) is 0 Å². The van der Waals surface area contributed by atoms with Crippen LogP contribution in [0.1, 0.15) is 32.6 Å². The summed E-state index contributed by atoms with van der Waals surface area (Å²) in [5.41, 5.74) is 0.271. The smallest absolute Gasteiger partial charge is 0.304 e. The first-order valence-corrected chi connectivity index (χ1v) is 5.59. The van der Waals surface area contributed by atoms with Crippen molar-refractivity contribution in [2.75, 3.05) is 20.6 Å². The van der Waals surface area contributed by atoms with E-state index in [0.29, 0.717) is 0 Å². The number of hydrogen-bond donors (Lipinski definition) is 2. The first kappa shape index (κ1) is 12.5. The zero-order valence-corrected chi connectivity index (χ0v) is 9.92. The average molecular weight is 214 g/mol. The highest BCUT2D eigenvalue weighted by Crippen LogP contribution is 2.35. The van der Waals surface area contributed by atoms with Gasteiger partial charge in [-0.05, 0) is 40.3 Å². The predicted molar refractivity (Wildman–Crippen MR) is 60.0 cm³/mol. The van der Waals surface area contributed by atoms with Crippen LogP contribution in [0.25, 0.3) is 0 Å². The van der Waals surface area contributed by atoms with Crippen molar-refractivity contribution >= 4 is 5.97 Å². The highest BCUT2D eigenvalue weighted by atomic mass is 16.4. The number of aliphatic carboxylic acids is 1. The predicted octanol–water partition coefficient (Wildman–Crippen LogP) is 0.923. The number of hydrogen-bond acceptors (Lipinski definition) is 3. The van der Waals surface area contributed by atoms with Crippen LogP contribution in [0.3, 0.4) is 0 Å². The van der Waals surface area contributed by atoms with Gasteiger partial charge in [0.1, 0.15) is 0 Å². The van der Waals surface area contributed by atoms with Crippen molar-refractivity contribution in [2.45, 2.75) is 44.2 Å². The maximum absolute atomic E-state index is 10.5. The molecule has 0 radical (unpaired) electrons. The molecule has 0 amide bonds. The topological polar surface area (TPSA) is 52.6 Å². The number of carbonyl (C=O) groups is 1. The molecule has 1 rings (SSSR count). The van der Waals surface area contributed by atoms with Gasteiger partial charge < -0.3 is 15.3 Å². The van der Waals surface area contributed by atoms with Crippen LogP contribution in [0.15, 0.2) is 0 Å². The molecular formula is C11H22N2O2. The lowest BCUT2D eigenvalue weighted by molar-refractivity contribution is -0.137. The number of carboxylic acid groups (broad SMARTS) is 1. The Balaban J connectivity index is 2.31. The maximum Gasteiger partial charge on any atom is 0.304 e. The Bertz CT molecular complexity index is 225. The normalized spacial score (nSPS) is 21.1. The Hall–Kier alpha value is -0.610. The zero-order valence-electron chi connectivity index (χ0n) is 9.92. The fourth-order valence-electron chi connectivity index (χ4n) is 2.07. The van der Waals surface area contributed by atoms with E-state index in [1.54, 1.807) is 0 Å². The largest absolute Gasteiger partial charge is 0.481 e. The molecule has 1 atom stereocenters. The van der Waals surface area contributed by atoms with E-state index in [1.165, 1.54) is 19.3 Å². The lowest BCUT2D eigenvalue weighted by Crippen LogP contribution is -2.57. The molecule has 0 aromatic heterocycles. The van der Waals surface area contributed by atoms with Gasteiger partial charge in [-0.15, -0.1) is 0 Å². The zero-order chi connectivity index (χ0) is 11.5. The molecule has 4 heteroatoms. The first-order chi connectivity index (χ1) is 6.96. The molecule has 1 aliphatic carbocycles. The molecule has 0 saturated heterocycles. The summed E-state index contributed by atoms with van der Waals surface area (Å²) in [7, 11) is 4.20. The summed E-state index contributed by atoms with van der Waals surface area (Å²) in [6.07, 6.45) is 3.91. The van der Waals surface area contributed by atoms with E-state index in [1.807, 2.05) is 6.92 Å². The number of nitrogens with one attached hydrogen (secondary N) is 1. The molecule has 1 fully saturated rings. The van der Waals surface area contributed by atoms with E-state index in [2.05, 4.69) is 24.3 Å². The molecule has 0 bridgehead atoms. The highest BCUT2D eigenvalue weighted by Gasteiger charge is 2.38. The van der Waals surface area contributed by atoms with E-state index in [-0.39, 0.29) is 18.0 Å².